The van der Waals surface area contributed by atoms with Crippen LogP contribution in [-0.2, 0) is 4.74 Å². The SMILES string of the molecule is CCCC(CCC)[C@@]1(CC)CN=C(Nc2nc3ccc(OC)nc3o2)O1. The van der Waals surface area contributed by atoms with Crippen molar-refractivity contribution in [3.05, 3.63) is 12.1 Å². The van der Waals surface area contributed by atoms with Gasteiger partial charge in [-0.25, -0.2) is 4.99 Å². The van der Waals surface area contributed by atoms with Crippen molar-refractivity contribution < 1.29 is 13.9 Å². The number of amidine groups is 1. The molecule has 2 aromatic rings. The first-order valence-corrected chi connectivity index (χ1v) is 9.46. The van der Waals surface area contributed by atoms with E-state index in [-0.39, 0.29) is 5.60 Å². The average Bonchev–Trinajstić information content (AvgIpc) is 3.25. The lowest BCUT2D eigenvalue weighted by Crippen LogP contribution is -2.42. The summed E-state index contributed by atoms with van der Waals surface area (Å²) in [6.45, 7) is 7.29. The Morgan fingerprint density at radius 3 is 2.62 bits per heavy atom. The summed E-state index contributed by atoms with van der Waals surface area (Å²) in [5.74, 6) is 0.988. The van der Waals surface area contributed by atoms with Crippen molar-refractivity contribution in [1.82, 2.24) is 9.97 Å². The Bertz CT molecular complexity index is 767. The molecule has 2 aromatic heterocycles. The van der Waals surface area contributed by atoms with Gasteiger partial charge in [-0.3, -0.25) is 5.32 Å². The average molecular weight is 360 g/mol. The van der Waals surface area contributed by atoms with Gasteiger partial charge >= 0.3 is 6.01 Å². The number of pyridine rings is 1. The van der Waals surface area contributed by atoms with Crippen LogP contribution in [0, 0.1) is 5.92 Å². The van der Waals surface area contributed by atoms with Crippen LogP contribution in [0.2, 0.25) is 0 Å². The number of anilines is 1. The number of methoxy groups -OCH3 is 1. The zero-order valence-corrected chi connectivity index (χ0v) is 16.0. The number of aliphatic imine (C=N–C) groups is 1. The minimum absolute atomic E-state index is 0.234. The largest absolute Gasteiger partial charge is 0.481 e. The zero-order chi connectivity index (χ0) is 18.6. The highest BCUT2D eigenvalue weighted by Gasteiger charge is 2.43. The number of oxazole rings is 1. The van der Waals surface area contributed by atoms with Crippen LogP contribution in [0.4, 0.5) is 6.01 Å². The summed E-state index contributed by atoms with van der Waals surface area (Å²) in [5.41, 5.74) is 0.840. The predicted octanol–water partition coefficient (Wildman–Crippen LogP) is 4.39. The van der Waals surface area contributed by atoms with Crippen molar-refractivity contribution in [2.45, 2.75) is 58.5 Å². The third-order valence-corrected chi connectivity index (χ3v) is 5.06. The fraction of sp³-hybridized carbons (Fsp3) is 0.632. The Balaban J connectivity index is 1.73. The number of rotatable bonds is 8. The third-order valence-electron chi connectivity index (χ3n) is 5.06. The van der Waals surface area contributed by atoms with E-state index in [0.29, 0.717) is 41.6 Å². The molecule has 1 N–H and O–H groups in total. The van der Waals surface area contributed by atoms with Gasteiger partial charge in [-0.2, -0.15) is 9.97 Å². The number of nitrogens with zero attached hydrogens (tertiary/aromatic N) is 3. The quantitative estimate of drug-likeness (QED) is 0.751. The Hall–Kier alpha value is -2.31. The molecular weight excluding hydrogens is 332 g/mol. The topological polar surface area (TPSA) is 81.8 Å². The summed E-state index contributed by atoms with van der Waals surface area (Å²) < 4.78 is 17.1. The van der Waals surface area contributed by atoms with Gasteiger partial charge in [0.1, 0.15) is 11.1 Å². The van der Waals surface area contributed by atoms with Crippen molar-refractivity contribution in [1.29, 1.82) is 0 Å². The molecule has 0 saturated carbocycles. The van der Waals surface area contributed by atoms with Crippen LogP contribution in [-0.4, -0.2) is 35.2 Å². The second-order valence-corrected chi connectivity index (χ2v) is 6.74. The Morgan fingerprint density at radius 2 is 1.96 bits per heavy atom. The molecule has 0 amide bonds. The highest BCUT2D eigenvalue weighted by molar-refractivity contribution is 5.89. The van der Waals surface area contributed by atoms with Crippen LogP contribution in [0.5, 0.6) is 5.88 Å². The fourth-order valence-electron chi connectivity index (χ4n) is 3.64. The maximum absolute atomic E-state index is 6.30. The molecule has 0 spiro atoms. The van der Waals surface area contributed by atoms with Crippen molar-refractivity contribution >= 4 is 23.3 Å². The summed E-state index contributed by atoms with van der Waals surface area (Å²) in [6, 6.07) is 4.36. The Kier molecular flexibility index (Phi) is 5.64. The monoisotopic (exact) mass is 360 g/mol. The molecule has 0 saturated heterocycles. The van der Waals surface area contributed by atoms with Gasteiger partial charge < -0.3 is 13.9 Å². The van der Waals surface area contributed by atoms with Crippen LogP contribution in [0.15, 0.2) is 21.5 Å². The minimum atomic E-state index is -0.234. The van der Waals surface area contributed by atoms with E-state index >= 15 is 0 Å². The highest BCUT2D eigenvalue weighted by atomic mass is 16.5. The third kappa shape index (κ3) is 3.61. The van der Waals surface area contributed by atoms with Crippen molar-refractivity contribution in [2.24, 2.45) is 10.9 Å². The summed E-state index contributed by atoms with van der Waals surface area (Å²) in [6.07, 6.45) is 5.53. The van der Waals surface area contributed by atoms with Gasteiger partial charge in [0.25, 0.3) is 11.7 Å². The number of aromatic nitrogens is 2. The molecule has 0 aliphatic carbocycles. The predicted molar refractivity (Wildman–Crippen MR) is 102 cm³/mol. The molecule has 26 heavy (non-hydrogen) atoms. The van der Waals surface area contributed by atoms with E-state index in [1.807, 2.05) is 6.07 Å². The second-order valence-electron chi connectivity index (χ2n) is 6.74. The van der Waals surface area contributed by atoms with Crippen molar-refractivity contribution in [3.8, 4) is 5.88 Å². The van der Waals surface area contributed by atoms with E-state index in [0.717, 1.165) is 32.1 Å². The summed E-state index contributed by atoms with van der Waals surface area (Å²) in [7, 11) is 1.57. The first-order valence-electron chi connectivity index (χ1n) is 9.46. The fourth-order valence-corrected chi connectivity index (χ4v) is 3.64. The molecule has 7 heteroatoms. The second kappa shape index (κ2) is 7.93. The lowest BCUT2D eigenvalue weighted by molar-refractivity contribution is 0.0103. The molecule has 0 unspecified atom stereocenters. The van der Waals surface area contributed by atoms with Gasteiger partial charge in [0, 0.05) is 12.0 Å². The van der Waals surface area contributed by atoms with Gasteiger partial charge in [-0.1, -0.05) is 33.6 Å². The molecule has 0 fully saturated rings. The first-order chi connectivity index (χ1) is 12.6. The lowest BCUT2D eigenvalue weighted by Gasteiger charge is -2.35. The van der Waals surface area contributed by atoms with E-state index in [1.165, 1.54) is 0 Å². The molecule has 3 rings (SSSR count). The Labute approximate surface area is 154 Å². The molecular formula is C19H28N4O3. The summed E-state index contributed by atoms with van der Waals surface area (Å²) in [4.78, 5) is 13.2. The number of hydrogen-bond acceptors (Lipinski definition) is 7. The lowest BCUT2D eigenvalue weighted by atomic mass is 9.79. The highest BCUT2D eigenvalue weighted by Crippen LogP contribution is 2.37. The zero-order valence-electron chi connectivity index (χ0n) is 16.0. The summed E-state index contributed by atoms with van der Waals surface area (Å²) >= 11 is 0. The molecule has 142 valence electrons. The smallest absolute Gasteiger partial charge is 0.305 e. The molecule has 1 aliphatic heterocycles. The molecule has 0 bridgehead atoms. The van der Waals surface area contributed by atoms with Crippen LogP contribution in [0.3, 0.4) is 0 Å². The van der Waals surface area contributed by atoms with Crippen molar-refractivity contribution in [2.75, 3.05) is 19.0 Å². The van der Waals surface area contributed by atoms with Gasteiger partial charge in [-0.15, -0.1) is 0 Å². The molecule has 0 aromatic carbocycles. The first kappa shape index (κ1) is 18.5. The molecule has 0 radical (unpaired) electrons. The van der Waals surface area contributed by atoms with E-state index < -0.39 is 0 Å². The molecule has 1 atom stereocenters. The molecule has 7 nitrogen and oxygen atoms in total. The number of hydrogen-bond donors (Lipinski definition) is 1. The van der Waals surface area contributed by atoms with E-state index in [1.54, 1.807) is 13.2 Å². The Morgan fingerprint density at radius 1 is 1.19 bits per heavy atom. The summed E-state index contributed by atoms with van der Waals surface area (Å²) in [5, 5.41) is 3.07. The van der Waals surface area contributed by atoms with Crippen LogP contribution in [0.1, 0.15) is 52.9 Å². The number of fused-ring (bicyclic) bond motifs is 1. The minimum Gasteiger partial charge on any atom is -0.481 e. The molecule has 1 aliphatic rings. The van der Waals surface area contributed by atoms with Crippen LogP contribution >= 0.6 is 0 Å². The maximum Gasteiger partial charge on any atom is 0.305 e. The van der Waals surface area contributed by atoms with Gasteiger partial charge in [0.05, 0.1) is 13.7 Å². The van der Waals surface area contributed by atoms with Crippen LogP contribution in [0.25, 0.3) is 11.2 Å². The van der Waals surface area contributed by atoms with Gasteiger partial charge in [0.2, 0.25) is 5.88 Å². The van der Waals surface area contributed by atoms with Crippen LogP contribution < -0.4 is 10.1 Å². The van der Waals surface area contributed by atoms with E-state index in [2.05, 4.69) is 41.0 Å². The van der Waals surface area contributed by atoms with Gasteiger partial charge in [0.15, 0.2) is 0 Å². The number of ether oxygens (including phenoxy) is 2. The van der Waals surface area contributed by atoms with Crippen molar-refractivity contribution in [3.63, 3.8) is 0 Å². The normalized spacial score (nSPS) is 19.7. The maximum atomic E-state index is 6.30. The van der Waals surface area contributed by atoms with Gasteiger partial charge in [-0.05, 0) is 25.3 Å². The standard InChI is InChI=1S/C19H28N4O3/c1-5-8-13(9-6-2)19(7-3)12-20-17(26-19)23-18-21-14-10-11-15(24-4)22-16(14)25-18/h10-11,13H,5-9,12H2,1-4H3,(H,20,21,23)/t19-/m1/s1. The van der Waals surface area contributed by atoms with E-state index in [4.69, 9.17) is 13.9 Å². The van der Waals surface area contributed by atoms with E-state index in [9.17, 15) is 0 Å². The number of nitrogens with one attached hydrogen (secondary N) is 1. The molecule has 3 heterocycles.